The van der Waals surface area contributed by atoms with Crippen molar-refractivity contribution >= 4 is 5.69 Å². The van der Waals surface area contributed by atoms with E-state index in [0.29, 0.717) is 30.6 Å². The van der Waals surface area contributed by atoms with Gasteiger partial charge in [-0.1, -0.05) is 18.6 Å². The van der Waals surface area contributed by atoms with Crippen LogP contribution < -0.4 is 4.74 Å². The second-order valence-electron chi connectivity index (χ2n) is 6.49. The topological polar surface area (TPSA) is 92.8 Å². The van der Waals surface area contributed by atoms with Gasteiger partial charge >= 0.3 is 5.69 Å². The Balaban J connectivity index is 1.72. The van der Waals surface area contributed by atoms with Gasteiger partial charge in [0, 0.05) is 6.07 Å². The summed E-state index contributed by atoms with van der Waals surface area (Å²) in [7, 11) is 1.50. The number of ether oxygens (including phenoxy) is 1. The smallest absolute Gasteiger partial charge is 0.305 e. The lowest BCUT2D eigenvalue weighted by atomic mass is 10.0. The van der Waals surface area contributed by atoms with Crippen molar-refractivity contribution < 1.29 is 24.3 Å². The molecule has 0 heterocycles. The van der Waals surface area contributed by atoms with Crippen molar-refractivity contribution in [3.8, 4) is 11.5 Å². The molecule has 0 amide bonds. The number of unbranched alkanes of at least 4 members (excludes halogenated alkanes) is 1. The Morgan fingerprint density at radius 2 is 1.81 bits per heavy atom. The fourth-order valence-corrected chi connectivity index (χ4v) is 2.93. The average molecular weight is 377 g/mol. The predicted molar refractivity (Wildman–Crippen MR) is 99.6 cm³/mol. The Kier molecular flexibility index (Phi) is 7.55. The Labute approximate surface area is 157 Å². The summed E-state index contributed by atoms with van der Waals surface area (Å²) < 4.78 is 18.3. The molecule has 6 nitrogen and oxygen atoms in total. The standard InChI is InChI=1S/C20H24FNO5/c1-27-20-11-8-14(13-19(20)24)4-2-3-5-16(23)9-6-15-7-10-17(21)18(12-15)22(25)26/h7-8,10-13,16,23-24H,2-6,9H2,1H3. The number of aliphatic hydroxyl groups excluding tert-OH is 1. The van der Waals surface area contributed by atoms with Crippen LogP contribution in [0.5, 0.6) is 11.5 Å². The fraction of sp³-hybridized carbons (Fsp3) is 0.400. The summed E-state index contributed by atoms with van der Waals surface area (Å²) >= 11 is 0. The highest BCUT2D eigenvalue weighted by Gasteiger charge is 2.15. The minimum atomic E-state index is -0.853. The van der Waals surface area contributed by atoms with Crippen LogP contribution in [0.3, 0.4) is 0 Å². The maximum Gasteiger partial charge on any atom is 0.305 e. The van der Waals surface area contributed by atoms with Gasteiger partial charge in [-0.3, -0.25) is 10.1 Å². The zero-order chi connectivity index (χ0) is 19.8. The van der Waals surface area contributed by atoms with Gasteiger partial charge in [0.2, 0.25) is 5.82 Å². The van der Waals surface area contributed by atoms with E-state index in [1.165, 1.54) is 19.2 Å². The number of aryl methyl sites for hydroxylation is 2. The zero-order valence-electron chi connectivity index (χ0n) is 15.2. The molecular formula is C20H24FNO5. The molecule has 0 aliphatic carbocycles. The molecule has 2 aromatic carbocycles. The van der Waals surface area contributed by atoms with Crippen molar-refractivity contribution in [2.45, 2.75) is 44.6 Å². The van der Waals surface area contributed by atoms with Crippen LogP contribution in [0, 0.1) is 15.9 Å². The van der Waals surface area contributed by atoms with Crippen LogP contribution in [-0.2, 0) is 12.8 Å². The molecule has 0 aromatic heterocycles. The minimum Gasteiger partial charge on any atom is -0.504 e. The summed E-state index contributed by atoms with van der Waals surface area (Å²) in [6.45, 7) is 0. The maximum atomic E-state index is 13.3. The Hall–Kier alpha value is -2.67. The molecule has 7 heteroatoms. The lowest BCUT2D eigenvalue weighted by molar-refractivity contribution is -0.387. The van der Waals surface area contributed by atoms with Crippen LogP contribution in [0.15, 0.2) is 36.4 Å². The number of rotatable bonds is 10. The number of nitro groups is 1. The van der Waals surface area contributed by atoms with Gasteiger partial charge in [0.15, 0.2) is 11.5 Å². The Morgan fingerprint density at radius 1 is 1.11 bits per heavy atom. The molecule has 146 valence electrons. The molecule has 0 spiro atoms. The van der Waals surface area contributed by atoms with E-state index < -0.39 is 22.5 Å². The van der Waals surface area contributed by atoms with Gasteiger partial charge in [0.1, 0.15) is 0 Å². The highest BCUT2D eigenvalue weighted by atomic mass is 19.1. The highest BCUT2D eigenvalue weighted by molar-refractivity contribution is 5.41. The number of nitrogens with zero attached hydrogens (tertiary/aromatic N) is 1. The molecular weight excluding hydrogens is 353 g/mol. The third kappa shape index (κ3) is 6.21. The van der Waals surface area contributed by atoms with E-state index in [4.69, 9.17) is 4.74 Å². The molecule has 0 saturated carbocycles. The summed E-state index contributed by atoms with van der Waals surface area (Å²) in [6, 6.07) is 9.11. The van der Waals surface area contributed by atoms with E-state index in [1.54, 1.807) is 12.1 Å². The van der Waals surface area contributed by atoms with Crippen molar-refractivity contribution in [1.82, 2.24) is 0 Å². The molecule has 0 aliphatic heterocycles. The molecule has 2 aromatic rings. The van der Waals surface area contributed by atoms with Crippen LogP contribution in [0.4, 0.5) is 10.1 Å². The molecule has 2 rings (SSSR count). The first-order chi connectivity index (χ1) is 12.9. The van der Waals surface area contributed by atoms with E-state index in [1.807, 2.05) is 6.07 Å². The number of methoxy groups -OCH3 is 1. The van der Waals surface area contributed by atoms with Crippen LogP contribution in [0.2, 0.25) is 0 Å². The van der Waals surface area contributed by atoms with E-state index >= 15 is 0 Å². The van der Waals surface area contributed by atoms with Gasteiger partial charge in [0.25, 0.3) is 0 Å². The fourth-order valence-electron chi connectivity index (χ4n) is 2.93. The van der Waals surface area contributed by atoms with Gasteiger partial charge in [-0.2, -0.15) is 4.39 Å². The van der Waals surface area contributed by atoms with Gasteiger partial charge in [-0.15, -0.1) is 0 Å². The molecule has 0 radical (unpaired) electrons. The quantitative estimate of drug-likeness (QED) is 0.368. The minimum absolute atomic E-state index is 0.114. The normalized spacial score (nSPS) is 12.0. The third-order valence-corrected chi connectivity index (χ3v) is 4.47. The number of phenolic OH excluding ortho intramolecular Hbond substituents is 1. The van der Waals surface area contributed by atoms with Crippen molar-refractivity contribution in [2.24, 2.45) is 0 Å². The van der Waals surface area contributed by atoms with E-state index in [9.17, 15) is 24.7 Å². The average Bonchev–Trinajstić information content (AvgIpc) is 2.64. The summed E-state index contributed by atoms with van der Waals surface area (Å²) in [5.74, 6) is -0.299. The lowest BCUT2D eigenvalue weighted by Gasteiger charge is -2.11. The number of halogens is 1. The van der Waals surface area contributed by atoms with Gasteiger partial charge in [-0.25, -0.2) is 0 Å². The number of aromatic hydroxyl groups is 1. The molecule has 0 bridgehead atoms. The molecule has 1 atom stereocenters. The number of hydrogen-bond acceptors (Lipinski definition) is 5. The third-order valence-electron chi connectivity index (χ3n) is 4.47. The highest BCUT2D eigenvalue weighted by Crippen LogP contribution is 2.27. The molecule has 0 fully saturated rings. The Morgan fingerprint density at radius 3 is 2.48 bits per heavy atom. The number of phenols is 1. The van der Waals surface area contributed by atoms with Gasteiger partial charge < -0.3 is 14.9 Å². The number of benzene rings is 2. The molecule has 2 N–H and O–H groups in total. The summed E-state index contributed by atoms with van der Waals surface area (Å²) in [4.78, 5) is 10.0. The Bertz CT molecular complexity index is 781. The largest absolute Gasteiger partial charge is 0.504 e. The number of aliphatic hydroxyl groups is 1. The maximum absolute atomic E-state index is 13.3. The first-order valence-electron chi connectivity index (χ1n) is 8.87. The van der Waals surface area contributed by atoms with Crippen LogP contribution >= 0.6 is 0 Å². The zero-order valence-corrected chi connectivity index (χ0v) is 15.2. The summed E-state index contributed by atoms with van der Waals surface area (Å²) in [6.07, 6.45) is 3.49. The van der Waals surface area contributed by atoms with Gasteiger partial charge in [0.05, 0.1) is 18.1 Å². The molecule has 0 aliphatic rings. The monoisotopic (exact) mass is 377 g/mol. The molecule has 27 heavy (non-hydrogen) atoms. The van der Waals surface area contributed by atoms with Crippen molar-refractivity contribution in [2.75, 3.05) is 7.11 Å². The number of nitro benzene ring substituents is 1. The first kappa shape index (κ1) is 20.6. The van der Waals surface area contributed by atoms with Gasteiger partial charge in [-0.05, 0) is 61.4 Å². The lowest BCUT2D eigenvalue weighted by Crippen LogP contribution is -2.08. The van der Waals surface area contributed by atoms with Crippen LogP contribution in [-0.4, -0.2) is 28.4 Å². The molecule has 1 unspecified atom stereocenters. The summed E-state index contributed by atoms with van der Waals surface area (Å²) in [5, 5.41) is 30.6. The van der Waals surface area contributed by atoms with Crippen LogP contribution in [0.1, 0.15) is 36.8 Å². The van der Waals surface area contributed by atoms with Crippen molar-refractivity contribution in [1.29, 1.82) is 0 Å². The SMILES string of the molecule is COc1ccc(CCCCC(O)CCc2ccc(F)c([N+](=O)[O-])c2)cc1O. The van der Waals surface area contributed by atoms with E-state index in [0.717, 1.165) is 30.9 Å². The second-order valence-corrected chi connectivity index (χ2v) is 6.49. The second kappa shape index (κ2) is 9.87. The van der Waals surface area contributed by atoms with E-state index in [2.05, 4.69) is 0 Å². The predicted octanol–water partition coefficient (Wildman–Crippen LogP) is 4.15. The van der Waals surface area contributed by atoms with Crippen LogP contribution in [0.25, 0.3) is 0 Å². The van der Waals surface area contributed by atoms with Crippen molar-refractivity contribution in [3.05, 3.63) is 63.5 Å². The number of hydrogen-bond donors (Lipinski definition) is 2. The first-order valence-corrected chi connectivity index (χ1v) is 8.87. The van der Waals surface area contributed by atoms with Crippen molar-refractivity contribution in [3.63, 3.8) is 0 Å². The molecule has 0 saturated heterocycles. The summed E-state index contributed by atoms with van der Waals surface area (Å²) in [5.41, 5.74) is 1.10. The van der Waals surface area contributed by atoms with E-state index in [-0.39, 0.29) is 5.75 Å².